The van der Waals surface area contributed by atoms with Crippen molar-refractivity contribution < 1.29 is 23.1 Å². The Morgan fingerprint density at radius 1 is 1.07 bits per heavy atom. The minimum atomic E-state index is -1.20. The predicted molar refractivity (Wildman–Crippen MR) is 51.0 cm³/mol. The van der Waals surface area contributed by atoms with E-state index in [0.717, 1.165) is 6.08 Å². The number of allylic oxidation sites excluding steroid dienone is 1. The molecule has 0 aromatic heterocycles. The van der Waals surface area contributed by atoms with Gasteiger partial charge in [0.2, 0.25) is 0 Å². The Bertz CT molecular complexity index is 200. The van der Waals surface area contributed by atoms with Crippen molar-refractivity contribution in [3.63, 3.8) is 0 Å². The second kappa shape index (κ2) is 7.31. The van der Waals surface area contributed by atoms with E-state index in [4.69, 9.17) is 5.11 Å². The third-order valence-corrected chi connectivity index (χ3v) is 2.36. The zero-order valence-corrected chi connectivity index (χ0v) is 8.39. The molecule has 0 bridgehead atoms. The van der Waals surface area contributed by atoms with Crippen molar-refractivity contribution in [2.45, 2.75) is 19.3 Å². The molecule has 0 saturated heterocycles. The average molecular weight is 224 g/mol. The fourth-order valence-corrected chi connectivity index (χ4v) is 1.44. The molecule has 15 heavy (non-hydrogen) atoms. The average Bonchev–Trinajstić information content (AvgIpc) is 2.16. The van der Waals surface area contributed by atoms with Gasteiger partial charge >= 0.3 is 5.97 Å². The lowest BCUT2D eigenvalue weighted by molar-refractivity contribution is -0.131. The number of carboxylic acids is 1. The van der Waals surface area contributed by atoms with Gasteiger partial charge in [-0.2, -0.15) is 0 Å². The van der Waals surface area contributed by atoms with Crippen LogP contribution >= 0.6 is 0 Å². The lowest BCUT2D eigenvalue weighted by Gasteiger charge is -2.27. The maximum atomic E-state index is 12.2. The van der Waals surface area contributed by atoms with Gasteiger partial charge in [-0.25, -0.2) is 4.79 Å². The van der Waals surface area contributed by atoms with Gasteiger partial charge in [0.25, 0.3) is 0 Å². The monoisotopic (exact) mass is 224 g/mol. The maximum absolute atomic E-state index is 12.2. The van der Waals surface area contributed by atoms with Gasteiger partial charge in [-0.15, -0.1) is 0 Å². The largest absolute Gasteiger partial charge is 0.478 e. The molecular weight excluding hydrogens is 209 g/mol. The van der Waals surface area contributed by atoms with Crippen LogP contribution < -0.4 is 0 Å². The molecule has 0 unspecified atom stereocenters. The molecule has 2 nitrogen and oxygen atoms in total. The number of hydrogen-bond acceptors (Lipinski definition) is 1. The summed E-state index contributed by atoms with van der Waals surface area (Å²) in [5.41, 5.74) is -1.00. The molecule has 0 aliphatic heterocycles. The van der Waals surface area contributed by atoms with E-state index in [1.54, 1.807) is 0 Å². The highest BCUT2D eigenvalue weighted by Crippen LogP contribution is 2.33. The Morgan fingerprint density at radius 2 is 1.47 bits per heavy atom. The second-order valence-corrected chi connectivity index (χ2v) is 3.35. The fraction of sp³-hybridized carbons (Fsp3) is 0.700. The Kier molecular flexibility index (Phi) is 6.83. The van der Waals surface area contributed by atoms with Gasteiger partial charge in [-0.1, -0.05) is 6.08 Å². The van der Waals surface area contributed by atoms with Gasteiger partial charge < -0.3 is 5.11 Å². The van der Waals surface area contributed by atoms with Crippen molar-refractivity contribution >= 4 is 5.97 Å². The van der Waals surface area contributed by atoms with Crippen molar-refractivity contribution in [2.75, 3.05) is 20.0 Å². The van der Waals surface area contributed by atoms with Crippen LogP contribution in [0.25, 0.3) is 0 Å². The molecule has 88 valence electrons. The van der Waals surface area contributed by atoms with Crippen LogP contribution in [0.2, 0.25) is 0 Å². The van der Waals surface area contributed by atoms with Crippen LogP contribution in [-0.4, -0.2) is 31.1 Å². The first kappa shape index (κ1) is 14.0. The zero-order valence-electron chi connectivity index (χ0n) is 8.39. The summed E-state index contributed by atoms with van der Waals surface area (Å²) in [5.74, 6) is -1.20. The lowest BCUT2D eigenvalue weighted by atomic mass is 9.79. The SMILES string of the molecule is O=C(O)/C=C/C(CCF)(CCF)CCF. The first-order chi connectivity index (χ1) is 7.10. The topological polar surface area (TPSA) is 37.3 Å². The Morgan fingerprint density at radius 3 is 1.73 bits per heavy atom. The van der Waals surface area contributed by atoms with Crippen LogP contribution in [0.3, 0.4) is 0 Å². The summed E-state index contributed by atoms with van der Waals surface area (Å²) in [7, 11) is 0. The smallest absolute Gasteiger partial charge is 0.327 e. The Balaban J connectivity index is 4.66. The summed E-state index contributed by atoms with van der Waals surface area (Å²) in [4.78, 5) is 10.3. The normalized spacial score (nSPS) is 12.2. The molecule has 0 radical (unpaired) electrons. The number of carboxylic acid groups (broad SMARTS) is 1. The molecule has 0 aliphatic rings. The molecular formula is C10H15F3O2. The molecule has 0 saturated carbocycles. The van der Waals surface area contributed by atoms with Crippen molar-refractivity contribution in [3.8, 4) is 0 Å². The third kappa shape index (κ3) is 5.44. The van der Waals surface area contributed by atoms with Crippen LogP contribution in [0.5, 0.6) is 0 Å². The number of aliphatic carboxylic acids is 1. The third-order valence-electron chi connectivity index (χ3n) is 2.36. The van der Waals surface area contributed by atoms with Crippen LogP contribution in [-0.2, 0) is 4.79 Å². The molecule has 0 atom stereocenters. The van der Waals surface area contributed by atoms with E-state index >= 15 is 0 Å². The first-order valence-electron chi connectivity index (χ1n) is 4.70. The standard InChI is InChI=1S/C10H15F3O2/c11-6-3-10(4-7-12,5-8-13)2-1-9(14)15/h1-2H,3-8H2,(H,14,15)/b2-1+. The van der Waals surface area contributed by atoms with E-state index < -0.39 is 31.4 Å². The fourth-order valence-electron chi connectivity index (χ4n) is 1.44. The summed E-state index contributed by atoms with van der Waals surface area (Å²) in [6.45, 7) is -2.15. The van der Waals surface area contributed by atoms with Crippen LogP contribution in [0, 0.1) is 5.41 Å². The van der Waals surface area contributed by atoms with Crippen molar-refractivity contribution in [1.82, 2.24) is 0 Å². The van der Waals surface area contributed by atoms with Gasteiger partial charge in [0, 0.05) is 6.08 Å². The van der Waals surface area contributed by atoms with Crippen LogP contribution in [0.1, 0.15) is 19.3 Å². The summed E-state index contributed by atoms with van der Waals surface area (Å²) in [6.07, 6.45) is 1.87. The van der Waals surface area contributed by atoms with Crippen molar-refractivity contribution in [3.05, 3.63) is 12.2 Å². The van der Waals surface area contributed by atoms with Gasteiger partial charge in [0.15, 0.2) is 0 Å². The minimum Gasteiger partial charge on any atom is -0.478 e. The highest BCUT2D eigenvalue weighted by Gasteiger charge is 2.26. The maximum Gasteiger partial charge on any atom is 0.327 e. The Hall–Kier alpha value is -1.00. The quantitative estimate of drug-likeness (QED) is 0.643. The minimum absolute atomic E-state index is 0.0510. The van der Waals surface area contributed by atoms with Gasteiger partial charge in [0.05, 0.1) is 20.0 Å². The highest BCUT2D eigenvalue weighted by atomic mass is 19.1. The molecule has 0 aliphatic carbocycles. The summed E-state index contributed by atoms with van der Waals surface area (Å²) < 4.78 is 36.7. The molecule has 5 heteroatoms. The molecule has 0 spiro atoms. The molecule has 0 heterocycles. The van der Waals surface area contributed by atoms with Crippen molar-refractivity contribution in [2.24, 2.45) is 5.41 Å². The first-order valence-corrected chi connectivity index (χ1v) is 4.70. The molecule has 0 aromatic carbocycles. The van der Waals surface area contributed by atoms with Crippen LogP contribution in [0.15, 0.2) is 12.2 Å². The number of hydrogen-bond donors (Lipinski definition) is 1. The van der Waals surface area contributed by atoms with Crippen LogP contribution in [0.4, 0.5) is 13.2 Å². The number of rotatable bonds is 8. The molecule has 0 aromatic rings. The summed E-state index contributed by atoms with van der Waals surface area (Å²) in [5, 5.41) is 8.41. The molecule has 1 N–H and O–H groups in total. The predicted octanol–water partition coefficient (Wildman–Crippen LogP) is 2.69. The summed E-state index contributed by atoms with van der Waals surface area (Å²) in [6, 6.07) is 0. The lowest BCUT2D eigenvalue weighted by Crippen LogP contribution is -2.21. The summed E-state index contributed by atoms with van der Waals surface area (Å²) >= 11 is 0. The van der Waals surface area contributed by atoms with E-state index in [-0.39, 0.29) is 19.3 Å². The van der Waals surface area contributed by atoms with E-state index in [2.05, 4.69) is 0 Å². The van der Waals surface area contributed by atoms with Crippen molar-refractivity contribution in [1.29, 1.82) is 0 Å². The second-order valence-electron chi connectivity index (χ2n) is 3.35. The highest BCUT2D eigenvalue weighted by molar-refractivity contribution is 5.79. The number of alkyl halides is 3. The zero-order chi connectivity index (χ0) is 11.7. The number of carbonyl (C=O) groups is 1. The van der Waals surface area contributed by atoms with Gasteiger partial charge in [-0.3, -0.25) is 13.2 Å². The number of halogens is 3. The Labute approximate surface area is 86.8 Å². The van der Waals surface area contributed by atoms with E-state index in [1.165, 1.54) is 6.08 Å². The van der Waals surface area contributed by atoms with E-state index in [1.807, 2.05) is 0 Å². The van der Waals surface area contributed by atoms with Gasteiger partial charge in [-0.05, 0) is 24.7 Å². The molecule has 0 amide bonds. The van der Waals surface area contributed by atoms with E-state index in [9.17, 15) is 18.0 Å². The van der Waals surface area contributed by atoms with E-state index in [0.29, 0.717) is 0 Å². The molecule has 0 fully saturated rings. The van der Waals surface area contributed by atoms with Gasteiger partial charge in [0.1, 0.15) is 0 Å². The molecule has 0 rings (SSSR count).